The van der Waals surface area contributed by atoms with Crippen LogP contribution in [0.25, 0.3) is 0 Å². The van der Waals surface area contributed by atoms with Crippen molar-refractivity contribution in [1.82, 2.24) is 0 Å². The molecule has 0 bridgehead atoms. The molecule has 0 spiro atoms. The van der Waals surface area contributed by atoms with Crippen LogP contribution in [0.5, 0.6) is 0 Å². The van der Waals surface area contributed by atoms with E-state index >= 15 is 0 Å². The zero-order chi connectivity index (χ0) is 5.98. The smallest absolute Gasteiger partial charge is 0.160 e. The number of rotatable bonds is 1. The fourth-order valence-electron chi connectivity index (χ4n) is 0.512. The topological polar surface area (TPSA) is 13.1 Å². The molecular formula is C6H8OS. The highest BCUT2D eigenvalue weighted by Gasteiger charge is 1.91. The molecule has 0 fully saturated rings. The molecule has 1 heterocycles. The Morgan fingerprint density at radius 2 is 2.38 bits per heavy atom. The van der Waals surface area contributed by atoms with Gasteiger partial charge in [0.25, 0.3) is 0 Å². The van der Waals surface area contributed by atoms with Crippen molar-refractivity contribution in [2.45, 2.75) is 12.0 Å². The van der Waals surface area contributed by atoms with E-state index in [1.165, 1.54) is 5.56 Å². The first-order valence-corrected chi connectivity index (χ1v) is 3.64. The van der Waals surface area contributed by atoms with E-state index in [0.29, 0.717) is 0 Å². The molecule has 0 aliphatic carbocycles. The number of hydrogen-bond donors (Lipinski definition) is 0. The van der Waals surface area contributed by atoms with Gasteiger partial charge in [-0.3, -0.25) is 0 Å². The minimum atomic E-state index is 0.988. The second kappa shape index (κ2) is 2.27. The molecule has 44 valence electrons. The Labute approximate surface area is 53.1 Å². The summed E-state index contributed by atoms with van der Waals surface area (Å²) in [7, 11) is 0. The Hall–Kier alpha value is -0.370. The number of aryl methyl sites for hydroxylation is 1. The third-order valence-corrected chi connectivity index (χ3v) is 1.52. The van der Waals surface area contributed by atoms with Crippen LogP contribution in [-0.4, -0.2) is 6.26 Å². The molecule has 0 unspecified atom stereocenters. The molecular weight excluding hydrogens is 120 g/mol. The van der Waals surface area contributed by atoms with Gasteiger partial charge in [-0.1, -0.05) is 11.8 Å². The summed E-state index contributed by atoms with van der Waals surface area (Å²) in [5.74, 6) is 0. The van der Waals surface area contributed by atoms with Gasteiger partial charge in [-0.2, -0.15) is 0 Å². The molecule has 0 saturated carbocycles. The molecule has 1 rings (SSSR count). The fraction of sp³-hybridized carbons (Fsp3) is 0.333. The van der Waals surface area contributed by atoms with Gasteiger partial charge < -0.3 is 4.42 Å². The summed E-state index contributed by atoms with van der Waals surface area (Å²) >= 11 is 1.62. The highest BCUT2D eigenvalue weighted by Crippen LogP contribution is 2.16. The van der Waals surface area contributed by atoms with Crippen LogP contribution >= 0.6 is 11.8 Å². The average molecular weight is 128 g/mol. The minimum absolute atomic E-state index is 0.988. The Bertz CT molecular complexity index is 169. The zero-order valence-corrected chi connectivity index (χ0v) is 5.79. The Balaban J connectivity index is 2.84. The molecule has 0 radical (unpaired) electrons. The van der Waals surface area contributed by atoms with Crippen LogP contribution < -0.4 is 0 Å². The van der Waals surface area contributed by atoms with Crippen molar-refractivity contribution < 1.29 is 4.42 Å². The second-order valence-electron chi connectivity index (χ2n) is 1.65. The van der Waals surface area contributed by atoms with Crippen LogP contribution in [0.2, 0.25) is 0 Å². The number of furan rings is 1. The predicted octanol–water partition coefficient (Wildman–Crippen LogP) is 2.31. The Morgan fingerprint density at radius 3 is 2.62 bits per heavy atom. The maximum Gasteiger partial charge on any atom is 0.160 e. The number of hydrogen-bond acceptors (Lipinski definition) is 2. The normalized spacial score (nSPS) is 9.75. The first-order valence-electron chi connectivity index (χ1n) is 2.42. The summed E-state index contributed by atoms with van der Waals surface area (Å²) in [5, 5.41) is 0.988. The zero-order valence-electron chi connectivity index (χ0n) is 4.97. The van der Waals surface area contributed by atoms with E-state index in [1.54, 1.807) is 18.0 Å². The van der Waals surface area contributed by atoms with Gasteiger partial charge in [0.05, 0.1) is 6.26 Å². The van der Waals surface area contributed by atoms with Gasteiger partial charge in [-0.25, -0.2) is 0 Å². The van der Waals surface area contributed by atoms with E-state index in [4.69, 9.17) is 4.42 Å². The van der Waals surface area contributed by atoms with Crippen LogP contribution in [0.3, 0.4) is 0 Å². The van der Waals surface area contributed by atoms with Crippen molar-refractivity contribution in [1.29, 1.82) is 0 Å². The molecule has 0 aliphatic heterocycles. The van der Waals surface area contributed by atoms with E-state index in [0.717, 1.165) is 5.09 Å². The summed E-state index contributed by atoms with van der Waals surface area (Å²) < 4.78 is 5.08. The number of thioether (sulfide) groups is 1. The van der Waals surface area contributed by atoms with Gasteiger partial charge in [0, 0.05) is 0 Å². The third-order valence-electron chi connectivity index (χ3n) is 0.908. The average Bonchev–Trinajstić information content (AvgIpc) is 2.14. The van der Waals surface area contributed by atoms with Crippen LogP contribution in [-0.2, 0) is 0 Å². The van der Waals surface area contributed by atoms with Gasteiger partial charge in [0.2, 0.25) is 0 Å². The maximum atomic E-state index is 5.08. The molecule has 8 heavy (non-hydrogen) atoms. The molecule has 1 nitrogen and oxygen atoms in total. The van der Waals surface area contributed by atoms with Crippen LogP contribution in [0.15, 0.2) is 21.8 Å². The van der Waals surface area contributed by atoms with E-state index in [-0.39, 0.29) is 0 Å². The largest absolute Gasteiger partial charge is 0.458 e. The molecule has 0 amide bonds. The predicted molar refractivity (Wildman–Crippen MR) is 35.2 cm³/mol. The summed E-state index contributed by atoms with van der Waals surface area (Å²) in [4.78, 5) is 0. The highest BCUT2D eigenvalue weighted by molar-refractivity contribution is 7.98. The lowest BCUT2D eigenvalue weighted by Gasteiger charge is -1.79. The molecule has 1 aromatic heterocycles. The van der Waals surface area contributed by atoms with Gasteiger partial charge in [0.1, 0.15) is 0 Å². The summed E-state index contributed by atoms with van der Waals surface area (Å²) in [5.41, 5.74) is 1.19. The Morgan fingerprint density at radius 1 is 1.62 bits per heavy atom. The fourth-order valence-corrected chi connectivity index (χ4v) is 0.960. The molecule has 0 saturated heterocycles. The van der Waals surface area contributed by atoms with Gasteiger partial charge >= 0.3 is 0 Å². The summed E-state index contributed by atoms with van der Waals surface area (Å²) in [6.45, 7) is 2.02. The second-order valence-corrected chi connectivity index (χ2v) is 2.46. The van der Waals surface area contributed by atoms with Gasteiger partial charge in [0.15, 0.2) is 5.09 Å². The van der Waals surface area contributed by atoms with Crippen LogP contribution in [0.1, 0.15) is 5.56 Å². The standard InChI is InChI=1S/C6H8OS/c1-5-3-6(8-2)7-4-5/h3-4H,1-2H3. The summed E-state index contributed by atoms with van der Waals surface area (Å²) in [6.07, 6.45) is 3.75. The maximum absolute atomic E-state index is 5.08. The molecule has 0 aliphatic rings. The highest BCUT2D eigenvalue weighted by atomic mass is 32.2. The van der Waals surface area contributed by atoms with Crippen molar-refractivity contribution in [3.63, 3.8) is 0 Å². The van der Waals surface area contributed by atoms with Crippen molar-refractivity contribution >= 4 is 11.8 Å². The van der Waals surface area contributed by atoms with Gasteiger partial charge in [-0.05, 0) is 24.8 Å². The quantitative estimate of drug-likeness (QED) is 0.538. The first-order chi connectivity index (χ1) is 3.83. The van der Waals surface area contributed by atoms with E-state index < -0.39 is 0 Å². The lowest BCUT2D eigenvalue weighted by Crippen LogP contribution is -1.54. The van der Waals surface area contributed by atoms with Crippen molar-refractivity contribution in [2.24, 2.45) is 0 Å². The van der Waals surface area contributed by atoms with Crippen molar-refractivity contribution in [3.8, 4) is 0 Å². The lowest BCUT2D eigenvalue weighted by molar-refractivity contribution is 0.474. The summed E-state index contributed by atoms with van der Waals surface area (Å²) in [6, 6.07) is 2.02. The molecule has 2 heteroatoms. The van der Waals surface area contributed by atoms with E-state index in [1.807, 2.05) is 19.2 Å². The third kappa shape index (κ3) is 1.07. The Kier molecular flexibility index (Phi) is 1.63. The van der Waals surface area contributed by atoms with Crippen molar-refractivity contribution in [3.05, 3.63) is 17.9 Å². The van der Waals surface area contributed by atoms with Crippen LogP contribution in [0, 0.1) is 6.92 Å². The molecule has 0 aromatic carbocycles. The van der Waals surface area contributed by atoms with E-state index in [9.17, 15) is 0 Å². The monoisotopic (exact) mass is 128 g/mol. The first kappa shape index (κ1) is 5.76. The van der Waals surface area contributed by atoms with Gasteiger partial charge in [-0.15, -0.1) is 0 Å². The van der Waals surface area contributed by atoms with E-state index in [2.05, 4.69) is 0 Å². The molecule has 1 aromatic rings. The molecule has 0 N–H and O–H groups in total. The van der Waals surface area contributed by atoms with Crippen LogP contribution in [0.4, 0.5) is 0 Å². The SMILES string of the molecule is CSc1cc(C)co1. The van der Waals surface area contributed by atoms with Crippen molar-refractivity contribution in [2.75, 3.05) is 6.26 Å². The lowest BCUT2D eigenvalue weighted by atomic mass is 10.4. The molecule has 0 atom stereocenters. The minimum Gasteiger partial charge on any atom is -0.458 e.